The molecule has 0 fully saturated rings. The van der Waals surface area contributed by atoms with Crippen molar-refractivity contribution < 1.29 is 29.1 Å². The maximum atomic E-state index is 13.4. The van der Waals surface area contributed by atoms with Crippen molar-refractivity contribution in [1.29, 1.82) is 0 Å². The number of rotatable bonds is 15. The molecule has 1 heterocycles. The maximum absolute atomic E-state index is 13.4. The second-order valence-electron chi connectivity index (χ2n) is 9.20. The van der Waals surface area contributed by atoms with Gasteiger partial charge in [0.05, 0.1) is 13.2 Å². The molecule has 0 aliphatic rings. The zero-order chi connectivity index (χ0) is 29.6. The summed E-state index contributed by atoms with van der Waals surface area (Å²) in [6.45, 7) is 0.179. The molecular formula is C27H36N8O6. The highest BCUT2D eigenvalue weighted by Gasteiger charge is 2.29. The lowest BCUT2D eigenvalue weighted by molar-refractivity contribution is -0.326. The molecule has 14 nitrogen and oxygen atoms in total. The predicted molar refractivity (Wildman–Crippen MR) is 151 cm³/mol. The Morgan fingerprint density at radius 2 is 1.68 bits per heavy atom. The van der Waals surface area contributed by atoms with Gasteiger partial charge in [0.2, 0.25) is 17.8 Å². The molecular weight excluding hydrogens is 532 g/mol. The van der Waals surface area contributed by atoms with E-state index >= 15 is 0 Å². The summed E-state index contributed by atoms with van der Waals surface area (Å²) >= 11 is 0. The average molecular weight is 569 g/mol. The van der Waals surface area contributed by atoms with E-state index in [4.69, 9.17) is 22.1 Å². The van der Waals surface area contributed by atoms with Crippen molar-refractivity contribution in [2.45, 2.75) is 43.8 Å². The van der Waals surface area contributed by atoms with E-state index in [-0.39, 0.29) is 31.8 Å². The lowest BCUT2D eigenvalue weighted by Crippen LogP contribution is -2.55. The van der Waals surface area contributed by atoms with Gasteiger partial charge in [-0.2, -0.15) is 5.90 Å². The number of carbonyl (C=O) groups is 3. The molecule has 41 heavy (non-hydrogen) atoms. The van der Waals surface area contributed by atoms with E-state index in [9.17, 15) is 14.4 Å². The van der Waals surface area contributed by atoms with Gasteiger partial charge >= 0.3 is 5.97 Å². The zero-order valence-electron chi connectivity index (χ0n) is 22.7. The number of hydroxylamine groups is 1. The highest BCUT2D eigenvalue weighted by molar-refractivity contribution is 5.92. The van der Waals surface area contributed by atoms with Crippen LogP contribution in [0.15, 0.2) is 65.8 Å². The van der Waals surface area contributed by atoms with Crippen LogP contribution in [0, 0.1) is 0 Å². The monoisotopic (exact) mass is 568 g/mol. The number of guanidine groups is 1. The Morgan fingerprint density at radius 3 is 2.41 bits per heavy atom. The summed E-state index contributed by atoms with van der Waals surface area (Å²) in [5.41, 5.74) is 16.5. The summed E-state index contributed by atoms with van der Waals surface area (Å²) in [6, 6.07) is 14.0. The fourth-order valence-corrected chi connectivity index (χ4v) is 4.23. The van der Waals surface area contributed by atoms with E-state index in [1.165, 1.54) is 7.11 Å². The standard InChI is InChI=1S/C27H36N8O6/c1-39-26(38)23(15-18-16-32-21-11-6-5-10-19(18)21)34-25(37)22(12-7-13-31-27(29)35-41-40-30)33-24(36)20(28)14-17-8-3-2-4-9-17/h2-6,8-11,16,20,22-23,32H,7,12-15,28,30H2,1H3,(H,33,36)(H,34,37)(H3,29,31,35). The molecule has 2 aromatic carbocycles. The van der Waals surface area contributed by atoms with Crippen molar-refractivity contribution in [2.24, 2.45) is 22.4 Å². The smallest absolute Gasteiger partial charge is 0.328 e. The molecule has 0 saturated heterocycles. The lowest BCUT2D eigenvalue weighted by atomic mass is 10.0. The van der Waals surface area contributed by atoms with Crippen LogP contribution < -0.4 is 33.5 Å². The molecule has 2 amide bonds. The van der Waals surface area contributed by atoms with Crippen LogP contribution in [0.2, 0.25) is 0 Å². The lowest BCUT2D eigenvalue weighted by Gasteiger charge is -2.23. The number of methoxy groups -OCH3 is 1. The number of hydrogen-bond acceptors (Lipinski definition) is 9. The van der Waals surface area contributed by atoms with Gasteiger partial charge in [-0.15, -0.1) is 4.99 Å². The minimum absolute atomic E-state index is 0.102. The van der Waals surface area contributed by atoms with Gasteiger partial charge in [0, 0.05) is 30.1 Å². The third-order valence-electron chi connectivity index (χ3n) is 6.30. The van der Waals surface area contributed by atoms with Crippen molar-refractivity contribution in [3.8, 4) is 0 Å². The van der Waals surface area contributed by atoms with Gasteiger partial charge in [-0.3, -0.25) is 14.6 Å². The van der Waals surface area contributed by atoms with Gasteiger partial charge in [0.25, 0.3) is 0 Å². The van der Waals surface area contributed by atoms with Gasteiger partial charge in [-0.05, 0) is 36.5 Å². The first-order chi connectivity index (χ1) is 19.8. The Morgan fingerprint density at radius 1 is 0.976 bits per heavy atom. The van der Waals surface area contributed by atoms with Crippen LogP contribution >= 0.6 is 0 Å². The van der Waals surface area contributed by atoms with Crippen molar-refractivity contribution in [3.05, 3.63) is 71.9 Å². The number of nitrogens with one attached hydrogen (secondary N) is 4. The third-order valence-corrected chi connectivity index (χ3v) is 6.30. The van der Waals surface area contributed by atoms with E-state index in [0.717, 1.165) is 22.0 Å². The summed E-state index contributed by atoms with van der Waals surface area (Å²) in [4.78, 5) is 54.4. The van der Waals surface area contributed by atoms with Crippen LogP contribution in [0.3, 0.4) is 0 Å². The number of aliphatic imine (C=N–C) groups is 1. The number of aromatic amines is 1. The number of nitrogens with two attached hydrogens (primary N) is 3. The Balaban J connectivity index is 1.72. The SMILES string of the molecule is COC(=O)C(Cc1c[nH]c2ccccc12)NC(=O)C(CCCN=C(N)NOON)NC(=O)C(N)Cc1ccccc1. The summed E-state index contributed by atoms with van der Waals surface area (Å²) in [7, 11) is 1.24. The van der Waals surface area contributed by atoms with Gasteiger partial charge in [0.15, 0.2) is 0 Å². The first-order valence-electron chi connectivity index (χ1n) is 12.9. The van der Waals surface area contributed by atoms with E-state index in [0.29, 0.717) is 6.42 Å². The topological polar surface area (TPSA) is 221 Å². The van der Waals surface area contributed by atoms with Crippen LogP contribution in [0.4, 0.5) is 0 Å². The largest absolute Gasteiger partial charge is 0.467 e. The number of aromatic nitrogens is 1. The van der Waals surface area contributed by atoms with Gasteiger partial charge in [-0.25, -0.2) is 10.3 Å². The molecule has 0 bridgehead atoms. The highest BCUT2D eigenvalue weighted by atomic mass is 17.3. The molecule has 0 saturated carbocycles. The number of esters is 1. The summed E-state index contributed by atoms with van der Waals surface area (Å²) in [5, 5.41) is 6.37. The summed E-state index contributed by atoms with van der Waals surface area (Å²) in [6.07, 6.45) is 2.74. The maximum Gasteiger partial charge on any atom is 0.328 e. The minimum Gasteiger partial charge on any atom is -0.467 e. The van der Waals surface area contributed by atoms with Crippen molar-refractivity contribution in [1.82, 2.24) is 21.1 Å². The van der Waals surface area contributed by atoms with Crippen LogP contribution in [0.5, 0.6) is 0 Å². The molecule has 3 atom stereocenters. The molecule has 10 N–H and O–H groups in total. The first kappa shape index (κ1) is 31.0. The number of hydrogen-bond donors (Lipinski definition) is 7. The van der Waals surface area contributed by atoms with Crippen molar-refractivity contribution in [2.75, 3.05) is 13.7 Å². The summed E-state index contributed by atoms with van der Waals surface area (Å²) < 4.78 is 4.96. The molecule has 0 spiro atoms. The van der Waals surface area contributed by atoms with Crippen molar-refractivity contribution >= 4 is 34.6 Å². The molecule has 3 rings (SSSR count). The molecule has 3 unspecified atom stereocenters. The predicted octanol–water partition coefficient (Wildman–Crippen LogP) is -0.156. The molecule has 3 aromatic rings. The van der Waals surface area contributed by atoms with E-state index in [1.807, 2.05) is 54.6 Å². The quantitative estimate of drug-likeness (QED) is 0.0321. The average Bonchev–Trinajstić information content (AvgIpc) is 3.39. The van der Waals surface area contributed by atoms with Gasteiger partial charge in [-0.1, -0.05) is 53.5 Å². The van der Waals surface area contributed by atoms with Crippen molar-refractivity contribution in [3.63, 3.8) is 0 Å². The number of fused-ring (bicyclic) bond motifs is 1. The van der Waals surface area contributed by atoms with Crippen LogP contribution in [-0.2, 0) is 41.9 Å². The molecule has 0 aliphatic carbocycles. The highest BCUT2D eigenvalue weighted by Crippen LogP contribution is 2.19. The molecule has 0 radical (unpaired) electrons. The number of carbonyl (C=O) groups excluding carboxylic acids is 3. The number of amides is 2. The fraction of sp³-hybridized carbons (Fsp3) is 0.333. The second kappa shape index (κ2) is 15.9. The number of H-pyrrole nitrogens is 1. The second-order valence-corrected chi connectivity index (χ2v) is 9.20. The van der Waals surface area contributed by atoms with Crippen LogP contribution in [0.1, 0.15) is 24.0 Å². The van der Waals surface area contributed by atoms with E-state index in [1.54, 1.807) is 6.20 Å². The van der Waals surface area contributed by atoms with Gasteiger partial charge < -0.3 is 31.8 Å². The number of benzene rings is 2. The van der Waals surface area contributed by atoms with E-state index < -0.39 is 35.9 Å². The third kappa shape index (κ3) is 9.58. The Bertz CT molecular complexity index is 1320. The molecule has 220 valence electrons. The normalized spacial score (nSPS) is 13.7. The summed E-state index contributed by atoms with van der Waals surface area (Å²) in [5.74, 6) is 2.92. The first-order valence-corrected chi connectivity index (χ1v) is 12.9. The zero-order valence-corrected chi connectivity index (χ0v) is 22.7. The number of ether oxygens (including phenoxy) is 1. The minimum atomic E-state index is -1.02. The van der Waals surface area contributed by atoms with Gasteiger partial charge in [0.1, 0.15) is 12.1 Å². The Labute approximate surface area is 236 Å². The molecule has 14 heteroatoms. The number of para-hydroxylation sites is 1. The molecule has 0 aliphatic heterocycles. The van der Waals surface area contributed by atoms with Crippen LogP contribution in [-0.4, -0.2) is 60.5 Å². The van der Waals surface area contributed by atoms with Crippen LogP contribution in [0.25, 0.3) is 10.9 Å². The molecule has 1 aromatic heterocycles. The van der Waals surface area contributed by atoms with E-state index in [2.05, 4.69) is 36.1 Å². The Hall–Kier alpha value is -4.50. The fourth-order valence-electron chi connectivity index (χ4n) is 4.23. The number of nitrogens with zero attached hydrogens (tertiary/aromatic N) is 1. The Kier molecular flexibility index (Phi) is 12.1.